The Morgan fingerprint density at radius 3 is 0.821 bits per heavy atom. The minimum Gasteiger partial charge on any atom is -0.0654 e. The van der Waals surface area contributed by atoms with Gasteiger partial charge in [-0.15, -0.1) is 0 Å². The monoisotopic (exact) mass is 394 g/mol. The zero-order valence-corrected chi connectivity index (χ0v) is 20.7. The van der Waals surface area contributed by atoms with Gasteiger partial charge in [-0.3, -0.25) is 0 Å². The van der Waals surface area contributed by atoms with Gasteiger partial charge >= 0.3 is 0 Å². The third-order valence-corrected chi connectivity index (χ3v) is 6.74. The van der Waals surface area contributed by atoms with E-state index in [2.05, 4.69) is 27.7 Å². The van der Waals surface area contributed by atoms with Gasteiger partial charge in [0, 0.05) is 0 Å². The van der Waals surface area contributed by atoms with Crippen LogP contribution in [0.3, 0.4) is 0 Å². The van der Waals surface area contributed by atoms with Crippen LogP contribution in [0.2, 0.25) is 0 Å². The lowest BCUT2D eigenvalue weighted by Gasteiger charge is -2.11. The molecule has 0 N–H and O–H groups in total. The van der Waals surface area contributed by atoms with Gasteiger partial charge in [0.05, 0.1) is 0 Å². The van der Waals surface area contributed by atoms with E-state index in [9.17, 15) is 0 Å². The average molecular weight is 395 g/mol. The van der Waals surface area contributed by atoms with E-state index in [1.165, 1.54) is 141 Å². The molecule has 2 unspecified atom stereocenters. The van der Waals surface area contributed by atoms with Gasteiger partial charge in [0.15, 0.2) is 0 Å². The molecule has 0 fully saturated rings. The SMILES string of the molecule is CCCCCCCCCC(C)CCCCCCCCCC(C)CCCCCC. The van der Waals surface area contributed by atoms with E-state index in [4.69, 9.17) is 0 Å². The normalized spacial score (nSPS) is 13.7. The predicted octanol–water partition coefficient (Wildman–Crippen LogP) is 10.9. The molecule has 0 heterocycles. The van der Waals surface area contributed by atoms with E-state index in [0.29, 0.717) is 0 Å². The molecule has 0 saturated carbocycles. The Bertz CT molecular complexity index is 269. The summed E-state index contributed by atoms with van der Waals surface area (Å²) in [5, 5.41) is 0. The fourth-order valence-electron chi connectivity index (χ4n) is 4.53. The van der Waals surface area contributed by atoms with Gasteiger partial charge in [0.1, 0.15) is 0 Å². The maximum absolute atomic E-state index is 2.49. The first-order valence-corrected chi connectivity index (χ1v) is 13.7. The van der Waals surface area contributed by atoms with E-state index in [-0.39, 0.29) is 0 Å². The van der Waals surface area contributed by atoms with Crippen molar-refractivity contribution in [3.05, 3.63) is 0 Å². The van der Waals surface area contributed by atoms with Crippen LogP contribution < -0.4 is 0 Å². The zero-order chi connectivity index (χ0) is 20.7. The first-order valence-electron chi connectivity index (χ1n) is 13.7. The van der Waals surface area contributed by atoms with Gasteiger partial charge in [-0.1, -0.05) is 169 Å². The van der Waals surface area contributed by atoms with Gasteiger partial charge in [-0.05, 0) is 11.8 Å². The quantitative estimate of drug-likeness (QED) is 0.151. The Balaban J connectivity index is 3.21. The number of hydrogen-bond donors (Lipinski definition) is 0. The first-order chi connectivity index (χ1) is 13.7. The summed E-state index contributed by atoms with van der Waals surface area (Å²) in [6, 6.07) is 0. The van der Waals surface area contributed by atoms with Crippen molar-refractivity contribution in [2.24, 2.45) is 11.8 Å². The highest BCUT2D eigenvalue weighted by molar-refractivity contribution is 4.57. The van der Waals surface area contributed by atoms with Crippen LogP contribution in [0.25, 0.3) is 0 Å². The van der Waals surface area contributed by atoms with Crippen molar-refractivity contribution in [2.45, 2.75) is 169 Å². The van der Waals surface area contributed by atoms with Gasteiger partial charge in [0.25, 0.3) is 0 Å². The molecule has 0 aliphatic rings. The topological polar surface area (TPSA) is 0 Å². The Labute approximate surface area is 181 Å². The maximum Gasteiger partial charge on any atom is -0.0443 e. The number of unbranched alkanes of at least 4 members (excludes halogenated alkanes) is 15. The fourth-order valence-corrected chi connectivity index (χ4v) is 4.53. The molecule has 0 aromatic heterocycles. The molecule has 170 valence electrons. The lowest BCUT2D eigenvalue weighted by molar-refractivity contribution is 0.423. The summed E-state index contributed by atoms with van der Waals surface area (Å²) in [5.74, 6) is 1.93. The standard InChI is InChI=1S/C28H58/c1-5-7-9-11-13-16-20-25-28(4)26-22-18-15-12-14-17-21-24-27(3)23-19-10-8-6-2/h27-28H,5-26H2,1-4H3. The van der Waals surface area contributed by atoms with Crippen molar-refractivity contribution in [3.8, 4) is 0 Å². The second kappa shape index (κ2) is 23.3. The molecule has 0 rings (SSSR count). The Morgan fingerprint density at radius 1 is 0.321 bits per heavy atom. The highest BCUT2D eigenvalue weighted by Gasteiger charge is 2.03. The Morgan fingerprint density at radius 2 is 0.536 bits per heavy atom. The molecule has 0 amide bonds. The third kappa shape index (κ3) is 22.3. The zero-order valence-electron chi connectivity index (χ0n) is 20.7. The van der Waals surface area contributed by atoms with Crippen LogP contribution in [0.15, 0.2) is 0 Å². The van der Waals surface area contributed by atoms with Crippen LogP contribution in [0.1, 0.15) is 169 Å². The van der Waals surface area contributed by atoms with Gasteiger partial charge in [-0.2, -0.15) is 0 Å². The van der Waals surface area contributed by atoms with Gasteiger partial charge in [-0.25, -0.2) is 0 Å². The van der Waals surface area contributed by atoms with Gasteiger partial charge in [0.2, 0.25) is 0 Å². The van der Waals surface area contributed by atoms with E-state index in [1.807, 2.05) is 0 Å². The Hall–Kier alpha value is 0. The van der Waals surface area contributed by atoms with E-state index < -0.39 is 0 Å². The Kier molecular flexibility index (Phi) is 23.3. The van der Waals surface area contributed by atoms with Crippen LogP contribution >= 0.6 is 0 Å². The van der Waals surface area contributed by atoms with Crippen LogP contribution in [-0.2, 0) is 0 Å². The molecule has 0 bridgehead atoms. The van der Waals surface area contributed by atoms with Crippen molar-refractivity contribution in [1.82, 2.24) is 0 Å². The van der Waals surface area contributed by atoms with Crippen LogP contribution in [0.5, 0.6) is 0 Å². The number of hydrogen-bond acceptors (Lipinski definition) is 0. The third-order valence-electron chi connectivity index (χ3n) is 6.74. The summed E-state index contributed by atoms with van der Waals surface area (Å²) in [5.41, 5.74) is 0. The lowest BCUT2D eigenvalue weighted by Crippen LogP contribution is -1.96. The molecule has 28 heavy (non-hydrogen) atoms. The smallest absolute Gasteiger partial charge is 0.0443 e. The molecule has 0 aliphatic carbocycles. The second-order valence-electron chi connectivity index (χ2n) is 10.0. The molecule has 0 saturated heterocycles. The van der Waals surface area contributed by atoms with Crippen LogP contribution in [0, 0.1) is 11.8 Å². The summed E-state index contributed by atoms with van der Waals surface area (Å²) < 4.78 is 0. The molecule has 0 nitrogen and oxygen atoms in total. The summed E-state index contributed by atoms with van der Waals surface area (Å²) in [6.07, 6.45) is 32.2. The molecule has 0 aliphatic heterocycles. The average Bonchev–Trinajstić information content (AvgIpc) is 2.69. The minimum absolute atomic E-state index is 0.967. The van der Waals surface area contributed by atoms with Crippen LogP contribution in [-0.4, -0.2) is 0 Å². The highest BCUT2D eigenvalue weighted by atomic mass is 14.1. The summed E-state index contributed by atoms with van der Waals surface area (Å²) in [4.78, 5) is 0. The van der Waals surface area contributed by atoms with Crippen molar-refractivity contribution in [2.75, 3.05) is 0 Å². The summed E-state index contributed by atoms with van der Waals surface area (Å²) in [6.45, 7) is 9.57. The molecule has 0 heteroatoms. The molecular weight excluding hydrogens is 336 g/mol. The predicted molar refractivity (Wildman–Crippen MR) is 131 cm³/mol. The molecule has 0 aromatic rings. The molecular formula is C28H58. The van der Waals surface area contributed by atoms with Crippen molar-refractivity contribution >= 4 is 0 Å². The molecule has 0 spiro atoms. The van der Waals surface area contributed by atoms with E-state index in [1.54, 1.807) is 0 Å². The minimum atomic E-state index is 0.967. The fraction of sp³-hybridized carbons (Fsp3) is 1.00. The second-order valence-corrected chi connectivity index (χ2v) is 10.0. The highest BCUT2D eigenvalue weighted by Crippen LogP contribution is 2.20. The molecule has 0 aromatic carbocycles. The van der Waals surface area contributed by atoms with E-state index in [0.717, 1.165) is 11.8 Å². The van der Waals surface area contributed by atoms with Gasteiger partial charge < -0.3 is 0 Å². The van der Waals surface area contributed by atoms with Crippen molar-refractivity contribution in [3.63, 3.8) is 0 Å². The van der Waals surface area contributed by atoms with Crippen LogP contribution in [0.4, 0.5) is 0 Å². The van der Waals surface area contributed by atoms with Crippen molar-refractivity contribution in [1.29, 1.82) is 0 Å². The van der Waals surface area contributed by atoms with E-state index >= 15 is 0 Å². The summed E-state index contributed by atoms with van der Waals surface area (Å²) >= 11 is 0. The first kappa shape index (κ1) is 28.0. The summed E-state index contributed by atoms with van der Waals surface area (Å²) in [7, 11) is 0. The molecule has 0 radical (unpaired) electrons. The largest absolute Gasteiger partial charge is 0.0654 e. The van der Waals surface area contributed by atoms with Crippen molar-refractivity contribution < 1.29 is 0 Å². The number of rotatable bonds is 23. The molecule has 2 atom stereocenters. The maximum atomic E-state index is 2.49. The lowest BCUT2D eigenvalue weighted by atomic mass is 9.95.